The van der Waals surface area contributed by atoms with Crippen LogP contribution >= 0.6 is 0 Å². The first-order valence-electron chi connectivity index (χ1n) is 6.73. The summed E-state index contributed by atoms with van der Waals surface area (Å²) in [5, 5.41) is 3.36. The quantitative estimate of drug-likeness (QED) is 0.884. The van der Waals surface area contributed by atoms with Crippen molar-refractivity contribution in [3.63, 3.8) is 0 Å². The number of benzene rings is 1. The van der Waals surface area contributed by atoms with E-state index in [0.29, 0.717) is 18.4 Å². The van der Waals surface area contributed by atoms with Gasteiger partial charge in [-0.05, 0) is 18.4 Å². The lowest BCUT2D eigenvalue weighted by molar-refractivity contribution is -0.132. The highest BCUT2D eigenvalue weighted by molar-refractivity contribution is 5.77. The molecule has 0 bridgehead atoms. The summed E-state index contributed by atoms with van der Waals surface area (Å²) in [5.74, 6) is 0.573. The van der Waals surface area contributed by atoms with Crippen LogP contribution in [0.2, 0.25) is 0 Å². The van der Waals surface area contributed by atoms with Crippen LogP contribution in [0.3, 0.4) is 0 Å². The van der Waals surface area contributed by atoms with Gasteiger partial charge in [0, 0.05) is 32.1 Å². The Labute approximate surface area is 109 Å². The molecule has 2 unspecified atom stereocenters. The molecule has 1 fully saturated rings. The van der Waals surface area contributed by atoms with Gasteiger partial charge in [-0.25, -0.2) is 0 Å². The zero-order valence-corrected chi connectivity index (χ0v) is 11.2. The molecule has 0 aliphatic carbocycles. The van der Waals surface area contributed by atoms with Crippen molar-refractivity contribution in [2.24, 2.45) is 0 Å². The Bertz CT molecular complexity index is 391. The van der Waals surface area contributed by atoms with Crippen LogP contribution in [0.15, 0.2) is 30.3 Å². The average molecular weight is 246 g/mol. The molecule has 0 spiro atoms. The lowest BCUT2D eigenvalue weighted by Gasteiger charge is -2.32. The Kier molecular flexibility index (Phi) is 4.37. The maximum absolute atomic E-state index is 12.2. The van der Waals surface area contributed by atoms with E-state index < -0.39 is 0 Å². The highest BCUT2D eigenvalue weighted by atomic mass is 16.2. The number of nitrogens with zero attached hydrogens (tertiary/aromatic N) is 1. The zero-order chi connectivity index (χ0) is 13.0. The topological polar surface area (TPSA) is 32.3 Å². The Morgan fingerprint density at radius 1 is 1.44 bits per heavy atom. The summed E-state index contributed by atoms with van der Waals surface area (Å²) in [5.41, 5.74) is 1.24. The number of rotatable bonds is 3. The summed E-state index contributed by atoms with van der Waals surface area (Å²) in [6.07, 6.45) is 0.608. The summed E-state index contributed by atoms with van der Waals surface area (Å²) in [7, 11) is 0. The zero-order valence-electron chi connectivity index (χ0n) is 11.2. The van der Waals surface area contributed by atoms with Crippen molar-refractivity contribution in [2.45, 2.75) is 32.2 Å². The van der Waals surface area contributed by atoms with E-state index in [0.717, 1.165) is 19.6 Å². The lowest BCUT2D eigenvalue weighted by atomic mass is 9.97. The van der Waals surface area contributed by atoms with Crippen LogP contribution < -0.4 is 5.32 Å². The lowest BCUT2D eigenvalue weighted by Crippen LogP contribution is -2.51. The fourth-order valence-corrected chi connectivity index (χ4v) is 2.45. The molecule has 1 saturated heterocycles. The molecule has 2 rings (SSSR count). The highest BCUT2D eigenvalue weighted by Crippen LogP contribution is 2.19. The van der Waals surface area contributed by atoms with Gasteiger partial charge in [-0.2, -0.15) is 0 Å². The van der Waals surface area contributed by atoms with E-state index in [1.54, 1.807) is 0 Å². The van der Waals surface area contributed by atoms with Gasteiger partial charge in [0.2, 0.25) is 5.91 Å². The second-order valence-corrected chi connectivity index (χ2v) is 5.21. The minimum atomic E-state index is 0.278. The fourth-order valence-electron chi connectivity index (χ4n) is 2.45. The van der Waals surface area contributed by atoms with Crippen molar-refractivity contribution in [2.75, 3.05) is 19.6 Å². The first kappa shape index (κ1) is 13.1. The first-order valence-corrected chi connectivity index (χ1v) is 6.73. The molecule has 18 heavy (non-hydrogen) atoms. The van der Waals surface area contributed by atoms with Gasteiger partial charge in [0.1, 0.15) is 0 Å². The molecular weight excluding hydrogens is 224 g/mol. The summed E-state index contributed by atoms with van der Waals surface area (Å²) in [6.45, 7) is 6.83. The maximum atomic E-state index is 12.2. The first-order chi connectivity index (χ1) is 8.66. The Hall–Kier alpha value is -1.35. The minimum absolute atomic E-state index is 0.278. The Balaban J connectivity index is 1.91. The number of carbonyl (C=O) groups excluding carboxylic acids is 1. The maximum Gasteiger partial charge on any atom is 0.223 e. The predicted molar refractivity (Wildman–Crippen MR) is 73.5 cm³/mol. The van der Waals surface area contributed by atoms with Crippen molar-refractivity contribution >= 4 is 5.91 Å². The monoisotopic (exact) mass is 246 g/mol. The molecule has 98 valence electrons. The molecule has 1 aromatic carbocycles. The van der Waals surface area contributed by atoms with E-state index in [9.17, 15) is 4.79 Å². The van der Waals surface area contributed by atoms with E-state index in [1.165, 1.54) is 5.56 Å². The standard InChI is InChI=1S/C15H22N2O/c1-12(14-6-4-3-5-7-14)10-15(18)17-9-8-16-13(2)11-17/h3-7,12-13,16H,8-11H2,1-2H3. The third-order valence-corrected chi connectivity index (χ3v) is 3.57. The molecule has 2 atom stereocenters. The minimum Gasteiger partial charge on any atom is -0.340 e. The molecule has 1 aromatic rings. The van der Waals surface area contributed by atoms with Gasteiger partial charge in [0.05, 0.1) is 0 Å². The van der Waals surface area contributed by atoms with Crippen LogP contribution in [0.5, 0.6) is 0 Å². The summed E-state index contributed by atoms with van der Waals surface area (Å²) >= 11 is 0. The molecule has 1 N–H and O–H groups in total. The number of piperazine rings is 1. The number of carbonyl (C=O) groups is 1. The van der Waals surface area contributed by atoms with Crippen molar-refractivity contribution < 1.29 is 4.79 Å². The molecule has 0 saturated carbocycles. The molecule has 3 heteroatoms. The van der Waals surface area contributed by atoms with Crippen LogP contribution in [-0.4, -0.2) is 36.5 Å². The van der Waals surface area contributed by atoms with E-state index >= 15 is 0 Å². The SMILES string of the molecule is CC1CN(C(=O)CC(C)c2ccccc2)CCN1. The van der Waals surface area contributed by atoms with Crippen molar-refractivity contribution in [3.05, 3.63) is 35.9 Å². The van der Waals surface area contributed by atoms with Gasteiger partial charge in [-0.1, -0.05) is 37.3 Å². The molecular formula is C15H22N2O. The fraction of sp³-hybridized carbons (Fsp3) is 0.533. The summed E-state index contributed by atoms with van der Waals surface area (Å²) < 4.78 is 0. The van der Waals surface area contributed by atoms with Crippen molar-refractivity contribution in [1.29, 1.82) is 0 Å². The predicted octanol–water partition coefficient (Wildman–Crippen LogP) is 2.00. The molecule has 3 nitrogen and oxygen atoms in total. The van der Waals surface area contributed by atoms with Crippen LogP contribution in [-0.2, 0) is 4.79 Å². The van der Waals surface area contributed by atoms with Gasteiger partial charge in [-0.3, -0.25) is 4.79 Å². The second-order valence-electron chi connectivity index (χ2n) is 5.21. The molecule has 1 aliphatic rings. The third-order valence-electron chi connectivity index (χ3n) is 3.57. The van der Waals surface area contributed by atoms with Gasteiger partial charge >= 0.3 is 0 Å². The molecule has 1 heterocycles. The molecule has 0 aromatic heterocycles. The highest BCUT2D eigenvalue weighted by Gasteiger charge is 2.22. The third kappa shape index (κ3) is 3.33. The van der Waals surface area contributed by atoms with E-state index in [4.69, 9.17) is 0 Å². The van der Waals surface area contributed by atoms with E-state index in [2.05, 4.69) is 31.3 Å². The van der Waals surface area contributed by atoms with Crippen molar-refractivity contribution in [1.82, 2.24) is 10.2 Å². The van der Waals surface area contributed by atoms with Crippen LogP contribution in [0.1, 0.15) is 31.7 Å². The van der Waals surface area contributed by atoms with Gasteiger partial charge in [0.25, 0.3) is 0 Å². The second kappa shape index (κ2) is 6.01. The van der Waals surface area contributed by atoms with Crippen LogP contribution in [0.25, 0.3) is 0 Å². The van der Waals surface area contributed by atoms with Crippen LogP contribution in [0.4, 0.5) is 0 Å². The average Bonchev–Trinajstić information content (AvgIpc) is 2.39. The number of hydrogen-bond acceptors (Lipinski definition) is 2. The molecule has 1 amide bonds. The molecule has 0 radical (unpaired) electrons. The largest absolute Gasteiger partial charge is 0.340 e. The van der Waals surface area contributed by atoms with E-state index in [1.807, 2.05) is 23.1 Å². The summed E-state index contributed by atoms with van der Waals surface area (Å²) in [4.78, 5) is 14.2. The normalized spacial score (nSPS) is 21.7. The van der Waals surface area contributed by atoms with Gasteiger partial charge < -0.3 is 10.2 Å². The number of nitrogens with one attached hydrogen (secondary N) is 1. The van der Waals surface area contributed by atoms with Crippen molar-refractivity contribution in [3.8, 4) is 0 Å². The Morgan fingerprint density at radius 2 is 2.17 bits per heavy atom. The van der Waals surface area contributed by atoms with Crippen LogP contribution in [0, 0.1) is 0 Å². The summed E-state index contributed by atoms with van der Waals surface area (Å²) in [6, 6.07) is 10.7. The smallest absolute Gasteiger partial charge is 0.223 e. The Morgan fingerprint density at radius 3 is 2.83 bits per heavy atom. The van der Waals surface area contributed by atoms with Gasteiger partial charge in [-0.15, -0.1) is 0 Å². The van der Waals surface area contributed by atoms with E-state index in [-0.39, 0.29) is 5.91 Å². The molecule has 1 aliphatic heterocycles. The van der Waals surface area contributed by atoms with Gasteiger partial charge in [0.15, 0.2) is 0 Å². The number of hydrogen-bond donors (Lipinski definition) is 1. The number of amides is 1.